The number of hydrogen-bond donors (Lipinski definition) is 1. The second-order valence-electron chi connectivity index (χ2n) is 7.47. The van der Waals surface area contributed by atoms with Crippen molar-refractivity contribution in [3.05, 3.63) is 81.4 Å². The van der Waals surface area contributed by atoms with E-state index in [1.54, 1.807) is 36.4 Å². The highest BCUT2D eigenvalue weighted by atomic mass is 32.2. The molecule has 0 spiro atoms. The van der Waals surface area contributed by atoms with Crippen molar-refractivity contribution in [3.8, 4) is 11.5 Å². The van der Waals surface area contributed by atoms with Crippen molar-refractivity contribution in [1.82, 2.24) is 17.9 Å². The number of aromatic nitrogens is 4. The molecule has 0 amide bonds. The molecule has 1 N–H and O–H groups in total. The minimum atomic E-state index is -4.12. The van der Waals surface area contributed by atoms with Crippen LogP contribution in [0, 0.1) is 0 Å². The van der Waals surface area contributed by atoms with E-state index in [9.17, 15) is 18.0 Å². The van der Waals surface area contributed by atoms with Crippen LogP contribution in [-0.2, 0) is 24.1 Å². The zero-order chi connectivity index (χ0) is 24.0. The SMILES string of the molecule is Cn1c(=O)c(=O)n(C)c2cc(Oc3ccccc3)c(NS(=O)(=O)c3cccc4nsnc34)cc21. The van der Waals surface area contributed by atoms with Gasteiger partial charge < -0.3 is 13.9 Å². The van der Waals surface area contributed by atoms with Crippen molar-refractivity contribution >= 4 is 49.5 Å². The number of sulfonamides is 1. The van der Waals surface area contributed by atoms with Crippen LogP contribution in [0.1, 0.15) is 0 Å². The van der Waals surface area contributed by atoms with Gasteiger partial charge in [-0.25, -0.2) is 8.42 Å². The molecule has 0 aliphatic carbocycles. The summed E-state index contributed by atoms with van der Waals surface area (Å²) in [6, 6.07) is 16.5. The van der Waals surface area contributed by atoms with Crippen molar-refractivity contribution in [2.75, 3.05) is 4.72 Å². The molecule has 3 aromatic carbocycles. The van der Waals surface area contributed by atoms with Crippen LogP contribution in [-0.4, -0.2) is 26.3 Å². The molecule has 0 atom stereocenters. The highest BCUT2D eigenvalue weighted by Gasteiger charge is 2.23. The smallest absolute Gasteiger partial charge is 0.316 e. The van der Waals surface area contributed by atoms with Crippen molar-refractivity contribution < 1.29 is 13.2 Å². The number of ether oxygens (including phenoxy) is 1. The zero-order valence-electron chi connectivity index (χ0n) is 17.9. The van der Waals surface area contributed by atoms with E-state index in [0.29, 0.717) is 22.3 Å². The first-order valence-corrected chi connectivity index (χ1v) is 12.2. The molecule has 5 aromatic rings. The van der Waals surface area contributed by atoms with Gasteiger partial charge in [0.05, 0.1) is 28.4 Å². The fourth-order valence-electron chi connectivity index (χ4n) is 3.58. The monoisotopic (exact) mass is 495 g/mol. The Morgan fingerprint density at radius 3 is 2.26 bits per heavy atom. The van der Waals surface area contributed by atoms with Crippen molar-refractivity contribution in [2.24, 2.45) is 14.1 Å². The predicted molar refractivity (Wildman–Crippen MR) is 129 cm³/mol. The van der Waals surface area contributed by atoms with Crippen LogP contribution in [0.3, 0.4) is 0 Å². The molecule has 0 unspecified atom stereocenters. The minimum Gasteiger partial charge on any atom is -0.455 e. The normalized spacial score (nSPS) is 11.7. The number of nitrogens with zero attached hydrogens (tertiary/aromatic N) is 4. The molecular formula is C22H17N5O5S2. The van der Waals surface area contributed by atoms with Gasteiger partial charge in [0.15, 0.2) is 5.75 Å². The molecule has 0 saturated heterocycles. The standard InChI is InChI=1S/C22H17N5O5S2/c1-26-16-11-15(25-34(30,31)19-10-6-9-14-20(19)24-33-23-14)18(32-13-7-4-3-5-8-13)12-17(16)27(2)22(29)21(26)28/h3-12,25H,1-2H3. The van der Waals surface area contributed by atoms with Crippen molar-refractivity contribution in [1.29, 1.82) is 0 Å². The van der Waals surface area contributed by atoms with Crippen molar-refractivity contribution in [3.63, 3.8) is 0 Å². The number of benzene rings is 3. The van der Waals surface area contributed by atoms with Gasteiger partial charge in [0.1, 0.15) is 21.7 Å². The summed E-state index contributed by atoms with van der Waals surface area (Å²) in [7, 11) is -1.20. The van der Waals surface area contributed by atoms with Gasteiger partial charge in [-0.3, -0.25) is 14.3 Å². The molecule has 2 heterocycles. The molecule has 0 aliphatic rings. The Kier molecular flexibility index (Phi) is 5.18. The number of fused-ring (bicyclic) bond motifs is 2. The summed E-state index contributed by atoms with van der Waals surface area (Å²) in [4.78, 5) is 24.7. The van der Waals surface area contributed by atoms with Gasteiger partial charge in [0.25, 0.3) is 10.0 Å². The number of para-hydroxylation sites is 1. The van der Waals surface area contributed by atoms with E-state index in [1.807, 2.05) is 6.07 Å². The Labute approximate surface area is 197 Å². The first-order chi connectivity index (χ1) is 16.3. The van der Waals surface area contributed by atoms with Crippen LogP contribution >= 0.6 is 11.7 Å². The number of rotatable bonds is 5. The Bertz CT molecular complexity index is 1790. The minimum absolute atomic E-state index is 0.0427. The average molecular weight is 496 g/mol. The fraction of sp³-hybridized carbons (Fsp3) is 0.0909. The zero-order valence-corrected chi connectivity index (χ0v) is 19.6. The summed E-state index contributed by atoms with van der Waals surface area (Å²) in [5, 5.41) is 0. The third kappa shape index (κ3) is 3.62. The number of aryl methyl sites for hydroxylation is 2. The van der Waals surface area contributed by atoms with Gasteiger partial charge in [0, 0.05) is 20.2 Å². The molecule has 5 rings (SSSR count). The fourth-order valence-corrected chi connectivity index (χ4v) is 5.41. The van der Waals surface area contributed by atoms with E-state index in [4.69, 9.17) is 4.74 Å². The molecule has 10 nitrogen and oxygen atoms in total. The third-order valence-electron chi connectivity index (χ3n) is 5.35. The van der Waals surface area contributed by atoms with Gasteiger partial charge in [-0.15, -0.1) is 0 Å². The summed E-state index contributed by atoms with van der Waals surface area (Å²) < 4.78 is 45.9. The van der Waals surface area contributed by atoms with Gasteiger partial charge in [-0.2, -0.15) is 8.75 Å². The van der Waals surface area contributed by atoms with E-state index in [1.165, 1.54) is 41.4 Å². The average Bonchev–Trinajstić information content (AvgIpc) is 3.31. The van der Waals surface area contributed by atoms with Gasteiger partial charge in [-0.05, 0) is 30.3 Å². The van der Waals surface area contributed by atoms with E-state index in [-0.39, 0.29) is 21.8 Å². The molecule has 0 fully saturated rings. The van der Waals surface area contributed by atoms with E-state index in [0.717, 1.165) is 11.7 Å². The third-order valence-corrected chi connectivity index (χ3v) is 7.29. The van der Waals surface area contributed by atoms with Crippen LogP contribution < -0.4 is 20.6 Å². The largest absolute Gasteiger partial charge is 0.455 e. The maximum Gasteiger partial charge on any atom is 0.316 e. The molecule has 0 bridgehead atoms. The van der Waals surface area contributed by atoms with Crippen LogP contribution in [0.4, 0.5) is 5.69 Å². The summed E-state index contributed by atoms with van der Waals surface area (Å²) >= 11 is 0.915. The Hall–Kier alpha value is -4.03. The van der Waals surface area contributed by atoms with Crippen molar-refractivity contribution in [2.45, 2.75) is 4.90 Å². The number of anilines is 1. The van der Waals surface area contributed by atoms with E-state index in [2.05, 4.69) is 13.5 Å². The van der Waals surface area contributed by atoms with Crippen LogP contribution in [0.5, 0.6) is 11.5 Å². The molecule has 172 valence electrons. The molecular weight excluding hydrogens is 478 g/mol. The predicted octanol–water partition coefficient (Wildman–Crippen LogP) is 2.84. The number of hydrogen-bond acceptors (Lipinski definition) is 8. The summed E-state index contributed by atoms with van der Waals surface area (Å²) in [5.41, 5.74) is 0.0944. The lowest BCUT2D eigenvalue weighted by atomic mass is 10.2. The summed E-state index contributed by atoms with van der Waals surface area (Å²) in [6.45, 7) is 0. The lowest BCUT2D eigenvalue weighted by Gasteiger charge is -2.17. The molecule has 0 saturated carbocycles. The number of nitrogens with one attached hydrogen (secondary N) is 1. The Balaban J connectivity index is 1.72. The second-order valence-corrected chi connectivity index (χ2v) is 9.65. The Morgan fingerprint density at radius 1 is 0.882 bits per heavy atom. The topological polar surface area (TPSA) is 125 Å². The first kappa shape index (κ1) is 21.8. The Morgan fingerprint density at radius 2 is 1.56 bits per heavy atom. The van der Waals surface area contributed by atoms with E-state index >= 15 is 0 Å². The summed E-state index contributed by atoms with van der Waals surface area (Å²) in [6.07, 6.45) is 0. The van der Waals surface area contributed by atoms with E-state index < -0.39 is 21.1 Å². The van der Waals surface area contributed by atoms with Gasteiger partial charge >= 0.3 is 11.1 Å². The second kappa shape index (κ2) is 8.08. The lowest BCUT2D eigenvalue weighted by Crippen LogP contribution is -2.39. The van der Waals surface area contributed by atoms with Crippen LogP contribution in [0.2, 0.25) is 0 Å². The highest BCUT2D eigenvalue weighted by molar-refractivity contribution is 7.93. The first-order valence-electron chi connectivity index (χ1n) is 9.97. The van der Waals surface area contributed by atoms with Gasteiger partial charge in [-0.1, -0.05) is 24.3 Å². The molecule has 2 aromatic heterocycles. The molecule has 0 aliphatic heterocycles. The molecule has 12 heteroatoms. The molecule has 0 radical (unpaired) electrons. The lowest BCUT2D eigenvalue weighted by molar-refractivity contribution is 0.485. The summed E-state index contributed by atoms with van der Waals surface area (Å²) in [5.74, 6) is 0.613. The maximum atomic E-state index is 13.4. The van der Waals surface area contributed by atoms with Crippen LogP contribution in [0.25, 0.3) is 22.1 Å². The quantitative estimate of drug-likeness (QED) is 0.372. The molecule has 34 heavy (non-hydrogen) atoms. The van der Waals surface area contributed by atoms with Crippen LogP contribution in [0.15, 0.2) is 75.1 Å². The van der Waals surface area contributed by atoms with Gasteiger partial charge in [0.2, 0.25) is 0 Å². The highest BCUT2D eigenvalue weighted by Crippen LogP contribution is 2.35. The maximum absolute atomic E-state index is 13.4.